The van der Waals surface area contributed by atoms with Gasteiger partial charge in [0, 0.05) is 11.8 Å². The van der Waals surface area contributed by atoms with Gasteiger partial charge in [-0.05, 0) is 18.6 Å². The number of hydrogen-bond donors (Lipinski definition) is 1. The fourth-order valence-corrected chi connectivity index (χ4v) is 5.73. The molecular weight excluding hydrogens is 324 g/mol. The summed E-state index contributed by atoms with van der Waals surface area (Å²) in [6, 6.07) is 0.695. The molecule has 0 aliphatic carbocycles. The van der Waals surface area contributed by atoms with Crippen LogP contribution in [0.4, 0.5) is 8.78 Å². The van der Waals surface area contributed by atoms with Crippen molar-refractivity contribution in [2.75, 3.05) is 5.75 Å². The first-order valence-corrected chi connectivity index (χ1v) is 8.60. The highest BCUT2D eigenvalue weighted by molar-refractivity contribution is 8.01. The Bertz CT molecular complexity index is 645. The lowest BCUT2D eigenvalue weighted by Gasteiger charge is -2.25. The summed E-state index contributed by atoms with van der Waals surface area (Å²) in [5.74, 6) is -3.23. The molecule has 1 fully saturated rings. The van der Waals surface area contributed by atoms with Crippen molar-refractivity contribution < 1.29 is 27.1 Å². The molecule has 116 valence electrons. The molecule has 2 unspecified atom stereocenters. The lowest BCUT2D eigenvalue weighted by Crippen LogP contribution is -2.45. The maximum atomic E-state index is 13.2. The summed E-state index contributed by atoms with van der Waals surface area (Å²) in [6.07, 6.45) is 0.394. The molecule has 0 amide bonds. The van der Waals surface area contributed by atoms with E-state index in [2.05, 4.69) is 0 Å². The predicted molar refractivity (Wildman–Crippen MR) is 73.3 cm³/mol. The van der Waals surface area contributed by atoms with E-state index in [0.717, 1.165) is 4.31 Å². The van der Waals surface area contributed by atoms with Crippen LogP contribution in [0.1, 0.15) is 13.3 Å². The maximum Gasteiger partial charge on any atom is 0.322 e. The van der Waals surface area contributed by atoms with E-state index in [1.54, 1.807) is 6.92 Å². The van der Waals surface area contributed by atoms with E-state index in [4.69, 9.17) is 5.11 Å². The largest absolute Gasteiger partial charge is 0.480 e. The number of carbonyl (C=O) groups is 1. The summed E-state index contributed by atoms with van der Waals surface area (Å²) < 4.78 is 52.4. The monoisotopic (exact) mass is 337 g/mol. The Morgan fingerprint density at radius 1 is 1.38 bits per heavy atom. The highest BCUT2D eigenvalue weighted by Gasteiger charge is 2.45. The van der Waals surface area contributed by atoms with Crippen LogP contribution in [-0.2, 0) is 14.8 Å². The number of halogens is 2. The summed E-state index contributed by atoms with van der Waals surface area (Å²) >= 11 is 1.20. The van der Waals surface area contributed by atoms with Crippen LogP contribution in [0.15, 0.2) is 23.1 Å². The first kappa shape index (κ1) is 16.2. The number of sulfonamides is 1. The topological polar surface area (TPSA) is 74.7 Å². The van der Waals surface area contributed by atoms with Crippen LogP contribution in [-0.4, -0.2) is 41.0 Å². The molecular formula is C12H13F2NO4S2. The van der Waals surface area contributed by atoms with Crippen LogP contribution in [0.25, 0.3) is 0 Å². The average Bonchev–Trinajstić information content (AvgIpc) is 2.82. The molecule has 2 atom stereocenters. The number of nitrogens with zero attached hydrogens (tertiary/aromatic N) is 1. The SMILES string of the molecule is CCC1SCC(C(=O)O)N1S(=O)(=O)c1cc(F)cc(F)c1. The van der Waals surface area contributed by atoms with Gasteiger partial charge in [0.1, 0.15) is 17.7 Å². The minimum absolute atomic E-state index is 0.102. The molecule has 2 rings (SSSR count). The molecule has 21 heavy (non-hydrogen) atoms. The van der Waals surface area contributed by atoms with Crippen LogP contribution in [0, 0.1) is 11.6 Å². The Kier molecular flexibility index (Phi) is 4.54. The normalized spacial score (nSPS) is 23.4. The van der Waals surface area contributed by atoms with Crippen molar-refractivity contribution in [3.05, 3.63) is 29.8 Å². The maximum absolute atomic E-state index is 13.2. The third-order valence-electron chi connectivity index (χ3n) is 3.08. The molecule has 1 N–H and O–H groups in total. The third kappa shape index (κ3) is 3.04. The van der Waals surface area contributed by atoms with Crippen LogP contribution < -0.4 is 0 Å². The van der Waals surface area contributed by atoms with Gasteiger partial charge >= 0.3 is 5.97 Å². The summed E-state index contributed by atoms with van der Waals surface area (Å²) in [5.41, 5.74) is 0. The standard InChI is InChI=1S/C12H13F2NO4S2/c1-2-11-15(10(6-20-11)12(16)17)21(18,19)9-4-7(13)3-8(14)5-9/h3-5,10-11H,2,6H2,1H3,(H,16,17). The number of benzene rings is 1. The smallest absolute Gasteiger partial charge is 0.322 e. The summed E-state index contributed by atoms with van der Waals surface area (Å²) in [4.78, 5) is 10.6. The van der Waals surface area contributed by atoms with Gasteiger partial charge in [0.05, 0.1) is 10.3 Å². The molecule has 0 spiro atoms. The Balaban J connectivity index is 2.51. The predicted octanol–water partition coefficient (Wildman–Crippen LogP) is 1.89. The molecule has 5 nitrogen and oxygen atoms in total. The lowest BCUT2D eigenvalue weighted by molar-refractivity contribution is -0.140. The van der Waals surface area contributed by atoms with Gasteiger partial charge in [0.2, 0.25) is 10.0 Å². The zero-order valence-corrected chi connectivity index (χ0v) is 12.6. The van der Waals surface area contributed by atoms with Crippen molar-refractivity contribution in [2.45, 2.75) is 29.7 Å². The minimum atomic E-state index is -4.29. The third-order valence-corrected chi connectivity index (χ3v) is 6.57. The molecule has 1 aliphatic rings. The van der Waals surface area contributed by atoms with Crippen LogP contribution in [0.5, 0.6) is 0 Å². The number of rotatable bonds is 4. The zero-order valence-electron chi connectivity index (χ0n) is 11.0. The second-order valence-corrected chi connectivity index (χ2v) is 7.54. The van der Waals surface area contributed by atoms with Crippen LogP contribution in [0.2, 0.25) is 0 Å². The Labute approximate surface area is 125 Å². The molecule has 1 saturated heterocycles. The highest BCUT2D eigenvalue weighted by atomic mass is 32.2. The van der Waals surface area contributed by atoms with E-state index >= 15 is 0 Å². The van der Waals surface area contributed by atoms with Crippen molar-refractivity contribution in [1.82, 2.24) is 4.31 Å². The molecule has 1 aliphatic heterocycles. The zero-order chi connectivity index (χ0) is 15.8. The second-order valence-electron chi connectivity index (χ2n) is 4.49. The molecule has 9 heteroatoms. The highest BCUT2D eigenvalue weighted by Crippen LogP contribution is 2.36. The molecule has 1 aromatic carbocycles. The van der Waals surface area contributed by atoms with E-state index in [1.807, 2.05) is 0 Å². The van der Waals surface area contributed by atoms with Crippen LogP contribution >= 0.6 is 11.8 Å². The molecule has 0 bridgehead atoms. The molecule has 1 heterocycles. The average molecular weight is 337 g/mol. The van der Waals surface area contributed by atoms with Gasteiger partial charge in [-0.3, -0.25) is 4.79 Å². The number of thioether (sulfide) groups is 1. The summed E-state index contributed by atoms with van der Waals surface area (Å²) in [6.45, 7) is 1.72. The number of carboxylic acid groups (broad SMARTS) is 1. The Hall–Kier alpha value is -1.19. The molecule has 0 saturated carbocycles. The van der Waals surface area contributed by atoms with Gasteiger partial charge in [-0.2, -0.15) is 4.31 Å². The fraction of sp³-hybridized carbons (Fsp3) is 0.417. The van der Waals surface area contributed by atoms with Crippen molar-refractivity contribution in [2.24, 2.45) is 0 Å². The fourth-order valence-electron chi connectivity index (χ4n) is 2.15. The van der Waals surface area contributed by atoms with E-state index in [9.17, 15) is 22.0 Å². The van der Waals surface area contributed by atoms with E-state index in [0.29, 0.717) is 24.6 Å². The van der Waals surface area contributed by atoms with Crippen LogP contribution in [0.3, 0.4) is 0 Å². The Morgan fingerprint density at radius 2 is 1.95 bits per heavy atom. The lowest BCUT2D eigenvalue weighted by atomic mass is 10.3. The van der Waals surface area contributed by atoms with Crippen molar-refractivity contribution in [3.63, 3.8) is 0 Å². The summed E-state index contributed by atoms with van der Waals surface area (Å²) in [7, 11) is -4.29. The molecule has 0 radical (unpaired) electrons. The minimum Gasteiger partial charge on any atom is -0.480 e. The van der Waals surface area contributed by atoms with Gasteiger partial charge in [0.25, 0.3) is 0 Å². The van der Waals surface area contributed by atoms with Gasteiger partial charge in [-0.25, -0.2) is 17.2 Å². The summed E-state index contributed by atoms with van der Waals surface area (Å²) in [5, 5.41) is 8.58. The van der Waals surface area contributed by atoms with Gasteiger partial charge in [0.15, 0.2) is 0 Å². The van der Waals surface area contributed by atoms with E-state index in [1.165, 1.54) is 11.8 Å². The molecule has 1 aromatic rings. The number of hydrogen-bond acceptors (Lipinski definition) is 4. The number of carboxylic acids is 1. The quantitative estimate of drug-likeness (QED) is 0.908. The van der Waals surface area contributed by atoms with Crippen molar-refractivity contribution in [3.8, 4) is 0 Å². The molecule has 0 aromatic heterocycles. The van der Waals surface area contributed by atoms with E-state index < -0.39 is 43.9 Å². The van der Waals surface area contributed by atoms with Gasteiger partial charge < -0.3 is 5.11 Å². The van der Waals surface area contributed by atoms with Crippen molar-refractivity contribution in [1.29, 1.82) is 0 Å². The first-order valence-electron chi connectivity index (χ1n) is 6.11. The Morgan fingerprint density at radius 3 is 2.43 bits per heavy atom. The van der Waals surface area contributed by atoms with Gasteiger partial charge in [-0.1, -0.05) is 6.92 Å². The number of aliphatic carboxylic acids is 1. The second kappa shape index (κ2) is 5.90. The van der Waals surface area contributed by atoms with Crippen molar-refractivity contribution >= 4 is 27.8 Å². The first-order chi connectivity index (χ1) is 9.77. The van der Waals surface area contributed by atoms with Gasteiger partial charge in [-0.15, -0.1) is 11.8 Å². The van der Waals surface area contributed by atoms with E-state index in [-0.39, 0.29) is 5.75 Å².